The van der Waals surface area contributed by atoms with Crippen LogP contribution in [-0.2, 0) is 16.0 Å². The highest BCUT2D eigenvalue weighted by molar-refractivity contribution is 5.95. The van der Waals surface area contributed by atoms with Gasteiger partial charge in [0.25, 0.3) is 0 Å². The number of carbonyl (C=O) groups excluding carboxylic acids is 1. The van der Waals surface area contributed by atoms with E-state index in [4.69, 9.17) is 10.8 Å². The topological polar surface area (TPSA) is 92.4 Å². The van der Waals surface area contributed by atoms with Gasteiger partial charge in [-0.15, -0.1) is 0 Å². The van der Waals surface area contributed by atoms with E-state index in [1.807, 2.05) is 13.0 Å². The Morgan fingerprint density at radius 3 is 2.67 bits per heavy atom. The van der Waals surface area contributed by atoms with Crippen LogP contribution in [0.1, 0.15) is 25.3 Å². The van der Waals surface area contributed by atoms with Crippen molar-refractivity contribution in [1.82, 2.24) is 0 Å². The number of nitrogens with one attached hydrogen (secondary N) is 1. The Balaban J connectivity index is 2.75. The SMILES string of the molecule is CC[C@@H](N)C(=O)Nc1ccccc1CCC(=O)O. The number of amides is 1. The van der Waals surface area contributed by atoms with Crippen molar-refractivity contribution in [1.29, 1.82) is 0 Å². The third kappa shape index (κ3) is 4.18. The van der Waals surface area contributed by atoms with Crippen LogP contribution in [0.5, 0.6) is 0 Å². The van der Waals surface area contributed by atoms with E-state index in [1.54, 1.807) is 18.2 Å². The molecule has 1 rings (SSSR count). The molecule has 5 heteroatoms. The van der Waals surface area contributed by atoms with Crippen LogP contribution in [0.2, 0.25) is 0 Å². The average Bonchev–Trinajstić information content (AvgIpc) is 2.36. The second kappa shape index (κ2) is 6.76. The minimum atomic E-state index is -0.860. The number of rotatable bonds is 6. The molecular formula is C13H18N2O3. The number of anilines is 1. The number of aryl methyl sites for hydroxylation is 1. The van der Waals surface area contributed by atoms with Gasteiger partial charge in [0.2, 0.25) is 5.91 Å². The van der Waals surface area contributed by atoms with Crippen LogP contribution in [-0.4, -0.2) is 23.0 Å². The number of benzene rings is 1. The standard InChI is InChI=1S/C13H18N2O3/c1-2-10(14)13(18)15-11-6-4-3-5-9(11)7-8-12(16)17/h3-6,10H,2,7-8,14H2,1H3,(H,15,18)(H,16,17)/t10-/m1/s1. The Morgan fingerprint density at radius 1 is 1.39 bits per heavy atom. The molecule has 1 amide bonds. The number of aliphatic carboxylic acids is 1. The summed E-state index contributed by atoms with van der Waals surface area (Å²) in [5.74, 6) is -1.11. The highest BCUT2D eigenvalue weighted by atomic mass is 16.4. The molecule has 0 bridgehead atoms. The molecule has 4 N–H and O–H groups in total. The molecule has 98 valence electrons. The first-order chi connectivity index (χ1) is 8.54. The van der Waals surface area contributed by atoms with Gasteiger partial charge in [0, 0.05) is 12.1 Å². The Kier molecular flexibility index (Phi) is 5.32. The number of para-hydroxylation sites is 1. The average molecular weight is 250 g/mol. The maximum atomic E-state index is 11.7. The highest BCUT2D eigenvalue weighted by Crippen LogP contribution is 2.17. The first kappa shape index (κ1) is 14.2. The minimum Gasteiger partial charge on any atom is -0.481 e. The van der Waals surface area contributed by atoms with E-state index in [1.165, 1.54) is 0 Å². The molecule has 0 radical (unpaired) electrons. The van der Waals surface area contributed by atoms with Crippen molar-refractivity contribution in [2.45, 2.75) is 32.2 Å². The number of hydrogen-bond donors (Lipinski definition) is 3. The Morgan fingerprint density at radius 2 is 2.06 bits per heavy atom. The van der Waals surface area contributed by atoms with Crippen LogP contribution >= 0.6 is 0 Å². The summed E-state index contributed by atoms with van der Waals surface area (Å²) in [4.78, 5) is 22.2. The van der Waals surface area contributed by atoms with E-state index in [0.29, 0.717) is 18.5 Å². The van der Waals surface area contributed by atoms with Crippen molar-refractivity contribution in [3.63, 3.8) is 0 Å². The quantitative estimate of drug-likeness (QED) is 0.711. The van der Waals surface area contributed by atoms with Crippen molar-refractivity contribution in [2.24, 2.45) is 5.73 Å². The molecule has 0 heterocycles. The fourth-order valence-electron chi connectivity index (χ4n) is 1.51. The zero-order valence-corrected chi connectivity index (χ0v) is 10.3. The lowest BCUT2D eigenvalue weighted by molar-refractivity contribution is -0.136. The Labute approximate surface area is 106 Å². The second-order valence-electron chi connectivity index (χ2n) is 4.05. The van der Waals surface area contributed by atoms with Crippen LogP contribution in [0, 0.1) is 0 Å². The molecule has 5 nitrogen and oxygen atoms in total. The summed E-state index contributed by atoms with van der Waals surface area (Å²) in [6, 6.07) is 6.61. The van der Waals surface area contributed by atoms with Crippen LogP contribution in [0.25, 0.3) is 0 Å². The van der Waals surface area contributed by atoms with Gasteiger partial charge in [0.1, 0.15) is 0 Å². The molecule has 0 aliphatic carbocycles. The molecule has 18 heavy (non-hydrogen) atoms. The normalized spacial score (nSPS) is 11.9. The van der Waals surface area contributed by atoms with Gasteiger partial charge in [-0.2, -0.15) is 0 Å². The number of carboxylic acid groups (broad SMARTS) is 1. The summed E-state index contributed by atoms with van der Waals surface area (Å²) in [6.07, 6.45) is 0.975. The molecule has 0 spiro atoms. The smallest absolute Gasteiger partial charge is 0.303 e. The van der Waals surface area contributed by atoms with E-state index in [9.17, 15) is 9.59 Å². The van der Waals surface area contributed by atoms with Gasteiger partial charge < -0.3 is 16.2 Å². The minimum absolute atomic E-state index is 0.0344. The van der Waals surface area contributed by atoms with Crippen LogP contribution < -0.4 is 11.1 Å². The van der Waals surface area contributed by atoms with Gasteiger partial charge in [0.05, 0.1) is 6.04 Å². The lowest BCUT2D eigenvalue weighted by atomic mass is 10.1. The molecular weight excluding hydrogens is 232 g/mol. The molecule has 1 atom stereocenters. The Hall–Kier alpha value is -1.88. The maximum Gasteiger partial charge on any atom is 0.303 e. The molecule has 1 aromatic rings. The van der Waals surface area contributed by atoms with E-state index >= 15 is 0 Å². The second-order valence-corrected chi connectivity index (χ2v) is 4.05. The summed E-state index contributed by atoms with van der Waals surface area (Å²) in [5.41, 5.74) is 7.06. The number of nitrogens with two attached hydrogens (primary N) is 1. The van der Waals surface area contributed by atoms with Crippen LogP contribution in [0.15, 0.2) is 24.3 Å². The van der Waals surface area contributed by atoms with Crippen molar-refractivity contribution < 1.29 is 14.7 Å². The van der Waals surface area contributed by atoms with Gasteiger partial charge in [-0.05, 0) is 24.5 Å². The first-order valence-corrected chi connectivity index (χ1v) is 5.90. The van der Waals surface area contributed by atoms with Gasteiger partial charge in [-0.25, -0.2) is 0 Å². The monoisotopic (exact) mass is 250 g/mol. The van der Waals surface area contributed by atoms with Gasteiger partial charge in [-0.1, -0.05) is 25.1 Å². The van der Waals surface area contributed by atoms with Crippen molar-refractivity contribution in [3.05, 3.63) is 29.8 Å². The third-order valence-corrected chi connectivity index (χ3v) is 2.66. The summed E-state index contributed by atoms with van der Waals surface area (Å²) < 4.78 is 0. The molecule has 0 saturated carbocycles. The van der Waals surface area contributed by atoms with E-state index < -0.39 is 12.0 Å². The van der Waals surface area contributed by atoms with Crippen LogP contribution in [0.3, 0.4) is 0 Å². The number of carboxylic acids is 1. The van der Waals surface area contributed by atoms with Crippen molar-refractivity contribution in [3.8, 4) is 0 Å². The zero-order chi connectivity index (χ0) is 13.5. The van der Waals surface area contributed by atoms with Gasteiger partial charge >= 0.3 is 5.97 Å². The van der Waals surface area contributed by atoms with E-state index in [-0.39, 0.29) is 12.3 Å². The fraction of sp³-hybridized carbons (Fsp3) is 0.385. The third-order valence-electron chi connectivity index (χ3n) is 2.66. The summed E-state index contributed by atoms with van der Waals surface area (Å²) in [6.45, 7) is 1.83. The summed E-state index contributed by atoms with van der Waals surface area (Å²) in [7, 11) is 0. The zero-order valence-electron chi connectivity index (χ0n) is 10.3. The number of carbonyl (C=O) groups is 2. The highest BCUT2D eigenvalue weighted by Gasteiger charge is 2.13. The van der Waals surface area contributed by atoms with E-state index in [0.717, 1.165) is 5.56 Å². The lowest BCUT2D eigenvalue weighted by Crippen LogP contribution is -2.35. The molecule has 0 saturated heterocycles. The lowest BCUT2D eigenvalue weighted by Gasteiger charge is -2.13. The maximum absolute atomic E-state index is 11.7. The number of hydrogen-bond acceptors (Lipinski definition) is 3. The molecule has 0 aromatic heterocycles. The van der Waals surface area contributed by atoms with Crippen molar-refractivity contribution >= 4 is 17.6 Å². The molecule has 1 aromatic carbocycles. The van der Waals surface area contributed by atoms with E-state index in [2.05, 4.69) is 5.32 Å². The molecule has 0 aliphatic heterocycles. The van der Waals surface area contributed by atoms with Gasteiger partial charge in [-0.3, -0.25) is 9.59 Å². The largest absolute Gasteiger partial charge is 0.481 e. The molecule has 0 fully saturated rings. The first-order valence-electron chi connectivity index (χ1n) is 5.90. The van der Waals surface area contributed by atoms with Crippen molar-refractivity contribution in [2.75, 3.05) is 5.32 Å². The summed E-state index contributed by atoms with van der Waals surface area (Å²) >= 11 is 0. The predicted molar refractivity (Wildman–Crippen MR) is 69.3 cm³/mol. The fourth-order valence-corrected chi connectivity index (χ4v) is 1.51. The molecule has 0 aliphatic rings. The Bertz CT molecular complexity index is 432. The molecule has 0 unspecified atom stereocenters. The van der Waals surface area contributed by atoms with Gasteiger partial charge in [0.15, 0.2) is 0 Å². The predicted octanol–water partition coefficient (Wildman–Crippen LogP) is 1.38. The van der Waals surface area contributed by atoms with Crippen LogP contribution in [0.4, 0.5) is 5.69 Å². The summed E-state index contributed by atoms with van der Waals surface area (Å²) in [5, 5.41) is 11.4.